The molecular weight excluding hydrogens is 606 g/mol. The summed E-state index contributed by atoms with van der Waals surface area (Å²) in [4.78, 5) is 34.6. The van der Waals surface area contributed by atoms with Gasteiger partial charge in [0.15, 0.2) is 0 Å². The average molecular weight is 652 g/mol. The summed E-state index contributed by atoms with van der Waals surface area (Å²) in [6.07, 6.45) is 6.93. The standard InChI is InChI=1S/C29H41N3O8S.C2H4O2/c1-41(38,39)31-20-28(36)32(29(31)37)25-11-7-9-22(17-25)10-8-16-40-15-6-4-2-3-5-14-30-19-27(35)23-12-13-26(34)24(18-23)21-33;1-2(3)4/h7,9,11-13,17-18,27,30,33-35H,2-6,8,10,14-16,19-21H2,1H3;1H3,(H,3,4)/t27-;/m0./s1. The van der Waals surface area contributed by atoms with E-state index >= 15 is 0 Å². The van der Waals surface area contributed by atoms with E-state index in [1.807, 2.05) is 6.07 Å². The van der Waals surface area contributed by atoms with Gasteiger partial charge in [0.1, 0.15) is 12.3 Å². The number of aliphatic hydroxyl groups is 2. The Morgan fingerprint density at radius 1 is 1.02 bits per heavy atom. The molecule has 0 radical (unpaired) electrons. The van der Waals surface area contributed by atoms with Crippen LogP contribution in [0.2, 0.25) is 0 Å². The Kier molecular flexibility index (Phi) is 15.9. The number of ether oxygens (including phenoxy) is 1. The third kappa shape index (κ3) is 13.1. The van der Waals surface area contributed by atoms with Crippen molar-refractivity contribution in [3.05, 3.63) is 59.2 Å². The number of sulfonamides is 1. The zero-order valence-electron chi connectivity index (χ0n) is 25.9. The normalized spacial score (nSPS) is 14.0. The number of urea groups is 1. The van der Waals surface area contributed by atoms with E-state index in [0.717, 1.165) is 68.7 Å². The molecule has 0 aromatic heterocycles. The molecule has 5 N–H and O–H groups in total. The van der Waals surface area contributed by atoms with Crippen molar-refractivity contribution in [1.82, 2.24) is 9.62 Å². The van der Waals surface area contributed by atoms with Crippen LogP contribution in [0.1, 0.15) is 68.2 Å². The van der Waals surface area contributed by atoms with Gasteiger partial charge >= 0.3 is 6.03 Å². The van der Waals surface area contributed by atoms with E-state index in [0.29, 0.717) is 47.3 Å². The van der Waals surface area contributed by atoms with Crippen LogP contribution in [0.5, 0.6) is 5.75 Å². The number of aliphatic hydroxyl groups excluding tert-OH is 2. The van der Waals surface area contributed by atoms with E-state index in [4.69, 9.17) is 14.6 Å². The first-order valence-electron chi connectivity index (χ1n) is 14.9. The Morgan fingerprint density at radius 3 is 2.36 bits per heavy atom. The number of rotatable bonds is 18. The number of carbonyl (C=O) groups is 3. The number of aromatic hydroxyl groups is 1. The number of nitrogens with one attached hydrogen (secondary N) is 1. The monoisotopic (exact) mass is 651 g/mol. The van der Waals surface area contributed by atoms with Gasteiger partial charge in [-0.15, -0.1) is 0 Å². The summed E-state index contributed by atoms with van der Waals surface area (Å²) in [6.45, 7) is 2.82. The molecule has 14 heteroatoms. The number of nitrogens with zero attached hydrogens (tertiary/aromatic N) is 2. The molecule has 1 fully saturated rings. The highest BCUT2D eigenvalue weighted by atomic mass is 32.2. The van der Waals surface area contributed by atoms with Crippen molar-refractivity contribution in [1.29, 1.82) is 0 Å². The quantitative estimate of drug-likeness (QED) is 0.118. The van der Waals surface area contributed by atoms with Crippen LogP contribution in [0.25, 0.3) is 0 Å². The van der Waals surface area contributed by atoms with Crippen LogP contribution in [0.4, 0.5) is 10.5 Å². The smallest absolute Gasteiger partial charge is 0.345 e. The Hall–Kier alpha value is -3.56. The third-order valence-corrected chi connectivity index (χ3v) is 7.98. The van der Waals surface area contributed by atoms with Crippen LogP contribution in [-0.2, 0) is 37.4 Å². The molecule has 13 nitrogen and oxygen atoms in total. The van der Waals surface area contributed by atoms with Crippen LogP contribution >= 0.6 is 0 Å². The number of imide groups is 1. The molecule has 0 aliphatic carbocycles. The van der Waals surface area contributed by atoms with Gasteiger partial charge in [0, 0.05) is 32.2 Å². The van der Waals surface area contributed by atoms with Gasteiger partial charge in [0.05, 0.1) is 24.7 Å². The first-order valence-corrected chi connectivity index (χ1v) is 16.7. The summed E-state index contributed by atoms with van der Waals surface area (Å²) in [6, 6.07) is 10.9. The van der Waals surface area contributed by atoms with Crippen molar-refractivity contribution in [3.8, 4) is 5.75 Å². The first-order chi connectivity index (χ1) is 21.3. The maximum atomic E-state index is 12.5. The van der Waals surface area contributed by atoms with Crippen LogP contribution in [-0.4, -0.2) is 90.2 Å². The molecule has 1 heterocycles. The Morgan fingerprint density at radius 2 is 1.69 bits per heavy atom. The number of phenols is 1. The first kappa shape index (κ1) is 37.6. The molecule has 1 saturated heterocycles. The van der Waals surface area contributed by atoms with E-state index in [1.165, 1.54) is 6.07 Å². The Balaban J connectivity index is 0.00000166. The van der Waals surface area contributed by atoms with Crippen LogP contribution in [0.3, 0.4) is 0 Å². The summed E-state index contributed by atoms with van der Waals surface area (Å²) in [7, 11) is -3.80. The van der Waals surface area contributed by atoms with Crippen LogP contribution in [0.15, 0.2) is 42.5 Å². The molecule has 0 unspecified atom stereocenters. The van der Waals surface area contributed by atoms with Gasteiger partial charge in [-0.3, -0.25) is 9.59 Å². The van der Waals surface area contributed by atoms with Gasteiger partial charge in [-0.1, -0.05) is 37.5 Å². The number of aliphatic carboxylic acids is 1. The van der Waals surface area contributed by atoms with Gasteiger partial charge in [0.25, 0.3) is 11.9 Å². The molecule has 2 aromatic rings. The second-order valence-electron chi connectivity index (χ2n) is 10.7. The van der Waals surface area contributed by atoms with Gasteiger partial charge in [0.2, 0.25) is 10.0 Å². The predicted molar refractivity (Wildman–Crippen MR) is 168 cm³/mol. The number of carboxylic acid groups (broad SMARTS) is 1. The molecule has 1 aliphatic heterocycles. The van der Waals surface area contributed by atoms with Crippen LogP contribution < -0.4 is 10.2 Å². The molecule has 0 saturated carbocycles. The minimum atomic E-state index is -3.80. The second-order valence-corrected chi connectivity index (χ2v) is 12.6. The topological polar surface area (TPSA) is 194 Å². The molecule has 1 aliphatic rings. The lowest BCUT2D eigenvalue weighted by molar-refractivity contribution is -0.134. The van der Waals surface area contributed by atoms with Crippen molar-refractivity contribution in [2.24, 2.45) is 0 Å². The maximum Gasteiger partial charge on any atom is 0.345 e. The fourth-order valence-corrected chi connectivity index (χ4v) is 5.32. The number of carbonyl (C=O) groups excluding carboxylic acids is 2. The lowest BCUT2D eigenvalue weighted by atomic mass is 10.1. The van der Waals surface area contributed by atoms with E-state index in [2.05, 4.69) is 5.32 Å². The predicted octanol–water partition coefficient (Wildman–Crippen LogP) is 2.93. The highest BCUT2D eigenvalue weighted by Gasteiger charge is 2.41. The molecule has 0 spiro atoms. The van der Waals surface area contributed by atoms with Gasteiger partial charge < -0.3 is 30.5 Å². The summed E-state index contributed by atoms with van der Waals surface area (Å²) < 4.78 is 29.8. The number of carboxylic acids is 1. The second kappa shape index (κ2) is 19.1. The number of unbranched alkanes of at least 4 members (excludes halogenated alkanes) is 4. The van der Waals surface area contributed by atoms with Crippen LogP contribution in [0, 0.1) is 0 Å². The number of amides is 3. The minimum Gasteiger partial charge on any atom is -0.508 e. The number of aryl methyl sites for hydroxylation is 1. The van der Waals surface area contributed by atoms with E-state index in [1.54, 1.807) is 30.3 Å². The van der Waals surface area contributed by atoms with Crippen molar-refractivity contribution in [2.75, 3.05) is 44.0 Å². The van der Waals surface area contributed by atoms with Crippen molar-refractivity contribution in [2.45, 2.75) is 64.6 Å². The highest BCUT2D eigenvalue weighted by Crippen LogP contribution is 2.25. The summed E-state index contributed by atoms with van der Waals surface area (Å²) in [5, 5.41) is 39.8. The lowest BCUT2D eigenvalue weighted by Gasteiger charge is -2.16. The number of benzene rings is 2. The summed E-state index contributed by atoms with van der Waals surface area (Å²) >= 11 is 0. The average Bonchev–Trinajstić information content (AvgIpc) is 3.29. The summed E-state index contributed by atoms with van der Waals surface area (Å²) in [5.74, 6) is -1.38. The molecular formula is C31H45N3O10S. The molecule has 250 valence electrons. The largest absolute Gasteiger partial charge is 0.508 e. The van der Waals surface area contributed by atoms with Crippen molar-refractivity contribution >= 4 is 33.6 Å². The zero-order chi connectivity index (χ0) is 33.4. The number of hydrogen-bond acceptors (Lipinski definition) is 10. The molecule has 1 atom stereocenters. The van der Waals surface area contributed by atoms with Crippen molar-refractivity contribution < 1.29 is 48.0 Å². The molecule has 3 amide bonds. The maximum absolute atomic E-state index is 12.5. The lowest BCUT2D eigenvalue weighted by Crippen LogP contribution is -2.36. The Bertz CT molecular complexity index is 1370. The Labute approximate surface area is 264 Å². The van der Waals surface area contributed by atoms with Crippen molar-refractivity contribution in [3.63, 3.8) is 0 Å². The van der Waals surface area contributed by atoms with Gasteiger partial charge in [-0.05, 0) is 67.6 Å². The minimum absolute atomic E-state index is 0.0208. The van der Waals surface area contributed by atoms with E-state index in [9.17, 15) is 33.3 Å². The molecule has 0 bridgehead atoms. The fraction of sp³-hybridized carbons (Fsp3) is 0.516. The molecule has 2 aromatic carbocycles. The molecule has 3 rings (SSSR count). The highest BCUT2D eigenvalue weighted by molar-refractivity contribution is 7.89. The zero-order valence-corrected chi connectivity index (χ0v) is 26.7. The summed E-state index contributed by atoms with van der Waals surface area (Å²) in [5.41, 5.74) is 2.36. The number of anilines is 1. The van der Waals surface area contributed by atoms with Gasteiger partial charge in [-0.25, -0.2) is 22.4 Å². The number of hydrogen-bond donors (Lipinski definition) is 5. The van der Waals surface area contributed by atoms with Gasteiger partial charge in [-0.2, -0.15) is 0 Å². The third-order valence-electron chi connectivity index (χ3n) is 6.89. The fourth-order valence-electron chi connectivity index (χ4n) is 4.60. The SMILES string of the molecule is CC(=O)O.CS(=O)(=O)N1CC(=O)N(c2cccc(CCCOCCCCCCCNC[C@H](O)c3ccc(O)c(CO)c3)c2)C1=O. The molecule has 45 heavy (non-hydrogen) atoms. The van der Waals surface area contributed by atoms with E-state index in [-0.39, 0.29) is 12.4 Å². The van der Waals surface area contributed by atoms with E-state index < -0.39 is 40.6 Å².